The summed E-state index contributed by atoms with van der Waals surface area (Å²) in [5.41, 5.74) is 5.51. The van der Waals surface area contributed by atoms with E-state index in [9.17, 15) is 4.39 Å². The highest BCUT2D eigenvalue weighted by Gasteiger charge is 2.19. The Morgan fingerprint density at radius 3 is 2.71 bits per heavy atom. The highest BCUT2D eigenvalue weighted by Crippen LogP contribution is 2.30. The molecule has 1 fully saturated rings. The van der Waals surface area contributed by atoms with E-state index < -0.39 is 0 Å². The molecule has 6 nitrogen and oxygen atoms in total. The van der Waals surface area contributed by atoms with Crippen molar-refractivity contribution in [1.82, 2.24) is 30.3 Å². The Morgan fingerprint density at radius 1 is 1.07 bits per heavy atom. The van der Waals surface area contributed by atoms with Gasteiger partial charge in [0.25, 0.3) is 0 Å². The molecule has 28 heavy (non-hydrogen) atoms. The molecule has 0 saturated carbocycles. The van der Waals surface area contributed by atoms with Gasteiger partial charge in [-0.15, -0.1) is 0 Å². The molecule has 1 N–H and O–H groups in total. The Bertz CT molecular complexity index is 1190. The van der Waals surface area contributed by atoms with E-state index in [0.29, 0.717) is 28.1 Å². The first-order valence-electron chi connectivity index (χ1n) is 9.57. The van der Waals surface area contributed by atoms with Gasteiger partial charge in [-0.3, -0.25) is 4.68 Å². The molecule has 0 atom stereocenters. The summed E-state index contributed by atoms with van der Waals surface area (Å²) >= 11 is 0. The van der Waals surface area contributed by atoms with Gasteiger partial charge in [-0.05, 0) is 62.7 Å². The maximum Gasteiger partial charge on any atom is 0.133 e. The number of piperidine rings is 1. The maximum atomic E-state index is 15.0. The summed E-state index contributed by atoms with van der Waals surface area (Å²) in [7, 11) is 1.87. The number of hydrogen-bond donors (Lipinski definition) is 1. The summed E-state index contributed by atoms with van der Waals surface area (Å²) < 4.78 is 16.7. The van der Waals surface area contributed by atoms with Gasteiger partial charge in [-0.25, -0.2) is 9.37 Å². The van der Waals surface area contributed by atoms with Crippen LogP contribution in [0, 0.1) is 12.7 Å². The lowest BCUT2D eigenvalue weighted by Crippen LogP contribution is -2.27. The fourth-order valence-corrected chi connectivity index (χ4v) is 4.00. The molecule has 3 aromatic heterocycles. The number of aromatic nitrogens is 5. The largest absolute Gasteiger partial charge is 0.317 e. The van der Waals surface area contributed by atoms with Gasteiger partial charge in [0.15, 0.2) is 0 Å². The molecule has 4 aromatic rings. The molecule has 142 valence electrons. The lowest BCUT2D eigenvalue weighted by Gasteiger charge is -2.21. The van der Waals surface area contributed by atoms with Crippen molar-refractivity contribution in [2.45, 2.75) is 25.7 Å². The summed E-state index contributed by atoms with van der Waals surface area (Å²) in [4.78, 5) is 4.66. The van der Waals surface area contributed by atoms with E-state index in [1.165, 1.54) is 0 Å². The van der Waals surface area contributed by atoms with Gasteiger partial charge in [0, 0.05) is 23.9 Å². The normalized spacial score (nSPS) is 15.5. The molecule has 1 aliphatic heterocycles. The molecule has 7 heteroatoms. The Hall–Kier alpha value is -2.93. The predicted octanol–water partition coefficient (Wildman–Crippen LogP) is 3.49. The number of pyridine rings is 1. The van der Waals surface area contributed by atoms with Crippen LogP contribution in [0.15, 0.2) is 30.5 Å². The average molecular weight is 376 g/mol. The van der Waals surface area contributed by atoms with Gasteiger partial charge in [0.2, 0.25) is 0 Å². The lowest BCUT2D eigenvalue weighted by atomic mass is 9.93. The van der Waals surface area contributed by atoms with Crippen molar-refractivity contribution in [3.8, 4) is 11.3 Å². The van der Waals surface area contributed by atoms with Crippen molar-refractivity contribution >= 4 is 21.9 Å². The summed E-state index contributed by atoms with van der Waals surface area (Å²) in [5, 5.41) is 17.0. The number of nitrogens with zero attached hydrogens (tertiary/aromatic N) is 5. The van der Waals surface area contributed by atoms with Crippen molar-refractivity contribution < 1.29 is 4.39 Å². The van der Waals surface area contributed by atoms with Crippen LogP contribution in [0.25, 0.3) is 33.2 Å². The van der Waals surface area contributed by atoms with E-state index in [1.807, 2.05) is 38.4 Å². The number of aryl methyl sites for hydroxylation is 2. The monoisotopic (exact) mass is 376 g/mol. The zero-order valence-electron chi connectivity index (χ0n) is 15.9. The van der Waals surface area contributed by atoms with Crippen LogP contribution in [0.5, 0.6) is 0 Å². The van der Waals surface area contributed by atoms with Crippen LogP contribution >= 0.6 is 0 Å². The Kier molecular flexibility index (Phi) is 4.05. The van der Waals surface area contributed by atoms with Crippen molar-refractivity contribution in [1.29, 1.82) is 0 Å². The number of rotatable bonds is 2. The highest BCUT2D eigenvalue weighted by molar-refractivity contribution is 5.86. The van der Waals surface area contributed by atoms with E-state index in [0.717, 1.165) is 48.2 Å². The Morgan fingerprint density at radius 2 is 1.89 bits per heavy atom. The van der Waals surface area contributed by atoms with Crippen molar-refractivity contribution in [2.75, 3.05) is 13.1 Å². The van der Waals surface area contributed by atoms with Gasteiger partial charge >= 0.3 is 0 Å². The number of nitrogens with one attached hydrogen (secondary N) is 1. The van der Waals surface area contributed by atoms with Crippen molar-refractivity contribution in [3.63, 3.8) is 0 Å². The quantitative estimate of drug-likeness (QED) is 0.580. The fourth-order valence-electron chi connectivity index (χ4n) is 4.00. The molecule has 0 amide bonds. The molecule has 1 aliphatic rings. The minimum absolute atomic E-state index is 0.289. The standard InChI is InChI=1S/C21H21FN6/c1-12-7-17(24-20-11-28(2)27-21(12)20)14-8-16(22)15-10-18(25-26-19(15)9-14)13-3-5-23-6-4-13/h7-11,13,23H,3-6H2,1-2H3. The number of fused-ring (bicyclic) bond motifs is 2. The smallest absolute Gasteiger partial charge is 0.133 e. The zero-order chi connectivity index (χ0) is 19.3. The predicted molar refractivity (Wildman–Crippen MR) is 107 cm³/mol. The molecular formula is C21H21FN6. The number of benzene rings is 1. The van der Waals surface area contributed by atoms with E-state index >= 15 is 0 Å². The van der Waals surface area contributed by atoms with Crippen LogP contribution in [-0.2, 0) is 7.05 Å². The number of hydrogen-bond acceptors (Lipinski definition) is 5. The van der Waals surface area contributed by atoms with Crippen LogP contribution in [0.4, 0.5) is 4.39 Å². The molecule has 0 unspecified atom stereocenters. The first kappa shape index (κ1) is 17.2. The second-order valence-corrected chi connectivity index (χ2v) is 7.55. The minimum atomic E-state index is -0.289. The first-order valence-corrected chi connectivity index (χ1v) is 9.57. The molecule has 5 rings (SSSR count). The average Bonchev–Trinajstić information content (AvgIpc) is 3.09. The van der Waals surface area contributed by atoms with E-state index in [4.69, 9.17) is 0 Å². The molecule has 1 saturated heterocycles. The Labute approximate surface area is 161 Å². The summed E-state index contributed by atoms with van der Waals surface area (Å²) in [6.07, 6.45) is 3.89. The second-order valence-electron chi connectivity index (χ2n) is 7.55. The maximum absolute atomic E-state index is 15.0. The molecule has 0 spiro atoms. The summed E-state index contributed by atoms with van der Waals surface area (Å²) in [5.74, 6) is 0.0536. The van der Waals surface area contributed by atoms with Crippen LogP contribution in [0.3, 0.4) is 0 Å². The SMILES string of the molecule is Cc1cc(-c2cc(F)c3cc(C4CCNCC4)nnc3c2)nc2cn(C)nc12. The van der Waals surface area contributed by atoms with Crippen LogP contribution in [0.2, 0.25) is 0 Å². The first-order chi connectivity index (χ1) is 13.6. The topological polar surface area (TPSA) is 68.5 Å². The zero-order valence-corrected chi connectivity index (χ0v) is 15.9. The van der Waals surface area contributed by atoms with E-state index in [-0.39, 0.29) is 5.82 Å². The molecular weight excluding hydrogens is 355 g/mol. The highest BCUT2D eigenvalue weighted by atomic mass is 19.1. The van der Waals surface area contributed by atoms with Gasteiger partial charge < -0.3 is 5.32 Å². The van der Waals surface area contributed by atoms with Gasteiger partial charge in [-0.2, -0.15) is 15.3 Å². The van der Waals surface area contributed by atoms with Crippen molar-refractivity contribution in [3.05, 3.63) is 47.5 Å². The summed E-state index contributed by atoms with van der Waals surface area (Å²) in [6, 6.07) is 7.20. The minimum Gasteiger partial charge on any atom is -0.317 e. The number of halogens is 1. The third-order valence-electron chi connectivity index (χ3n) is 5.50. The van der Waals surface area contributed by atoms with Crippen LogP contribution in [0.1, 0.15) is 30.0 Å². The van der Waals surface area contributed by atoms with Gasteiger partial charge in [-0.1, -0.05) is 0 Å². The lowest BCUT2D eigenvalue weighted by molar-refractivity contribution is 0.451. The third kappa shape index (κ3) is 2.92. The molecule has 1 aromatic carbocycles. The fraction of sp³-hybridized carbons (Fsp3) is 0.333. The van der Waals surface area contributed by atoms with Crippen molar-refractivity contribution in [2.24, 2.45) is 7.05 Å². The van der Waals surface area contributed by atoms with Gasteiger partial charge in [0.05, 0.1) is 23.1 Å². The summed E-state index contributed by atoms with van der Waals surface area (Å²) in [6.45, 7) is 3.92. The third-order valence-corrected chi connectivity index (χ3v) is 5.50. The molecule has 0 aliphatic carbocycles. The molecule has 4 heterocycles. The molecule has 0 radical (unpaired) electrons. The molecule has 0 bridgehead atoms. The van der Waals surface area contributed by atoms with Crippen LogP contribution in [-0.4, -0.2) is 38.1 Å². The Balaban J connectivity index is 1.59. The van der Waals surface area contributed by atoms with E-state index in [2.05, 4.69) is 25.6 Å². The van der Waals surface area contributed by atoms with Gasteiger partial charge in [0.1, 0.15) is 16.9 Å². The van der Waals surface area contributed by atoms with Crippen LogP contribution < -0.4 is 5.32 Å². The second kappa shape index (κ2) is 6.60. The van der Waals surface area contributed by atoms with E-state index in [1.54, 1.807) is 10.7 Å².